The van der Waals surface area contributed by atoms with Crippen LogP contribution in [-0.2, 0) is 0 Å². The van der Waals surface area contributed by atoms with E-state index >= 15 is 0 Å². The fourth-order valence-electron chi connectivity index (χ4n) is 1.38. The number of methoxy groups -OCH3 is 1. The van der Waals surface area contributed by atoms with Crippen molar-refractivity contribution in [3.63, 3.8) is 0 Å². The Labute approximate surface area is 89.9 Å². The first-order chi connectivity index (χ1) is 7.63. The van der Waals surface area contributed by atoms with E-state index in [4.69, 9.17) is 14.3 Å². The van der Waals surface area contributed by atoms with Gasteiger partial charge in [0.25, 0.3) is 0 Å². The second-order valence-electron chi connectivity index (χ2n) is 3.15. The molecule has 0 aliphatic carbocycles. The summed E-state index contributed by atoms with van der Waals surface area (Å²) in [5.74, 6) is -0.759. The smallest absolute Gasteiger partial charge is 0.342 e. The van der Waals surface area contributed by atoms with Gasteiger partial charge in [-0.2, -0.15) is 0 Å². The van der Waals surface area contributed by atoms with Gasteiger partial charge in [0.1, 0.15) is 23.2 Å². The topological polar surface area (TPSA) is 76.7 Å². The van der Waals surface area contributed by atoms with Crippen LogP contribution in [0.3, 0.4) is 0 Å². The second kappa shape index (κ2) is 3.69. The van der Waals surface area contributed by atoms with E-state index in [9.17, 15) is 9.59 Å². The average Bonchev–Trinajstić information content (AvgIpc) is 2.28. The first-order valence-electron chi connectivity index (χ1n) is 4.46. The second-order valence-corrected chi connectivity index (χ2v) is 3.15. The highest BCUT2D eigenvalue weighted by Gasteiger charge is 2.13. The number of ether oxygens (including phenoxy) is 1. The summed E-state index contributed by atoms with van der Waals surface area (Å²) in [6.45, 7) is 0. The first-order valence-corrected chi connectivity index (χ1v) is 4.46. The highest BCUT2D eigenvalue weighted by molar-refractivity contribution is 5.91. The van der Waals surface area contributed by atoms with Crippen molar-refractivity contribution in [3.05, 3.63) is 40.2 Å². The van der Waals surface area contributed by atoms with Gasteiger partial charge < -0.3 is 14.3 Å². The highest BCUT2D eigenvalue weighted by atomic mass is 16.5. The largest absolute Gasteiger partial charge is 0.497 e. The van der Waals surface area contributed by atoms with Crippen molar-refractivity contribution in [2.45, 2.75) is 0 Å². The van der Waals surface area contributed by atoms with Gasteiger partial charge in [-0.15, -0.1) is 0 Å². The first kappa shape index (κ1) is 10.2. The molecule has 5 nitrogen and oxygen atoms in total. The van der Waals surface area contributed by atoms with Gasteiger partial charge in [0.05, 0.1) is 12.5 Å². The van der Waals surface area contributed by atoms with Gasteiger partial charge >= 0.3 is 5.97 Å². The van der Waals surface area contributed by atoms with E-state index in [0.717, 1.165) is 6.26 Å². The summed E-state index contributed by atoms with van der Waals surface area (Å²) >= 11 is 0. The normalized spacial score (nSPS) is 10.3. The highest BCUT2D eigenvalue weighted by Crippen LogP contribution is 2.18. The zero-order valence-corrected chi connectivity index (χ0v) is 8.39. The van der Waals surface area contributed by atoms with E-state index in [0.29, 0.717) is 11.3 Å². The zero-order valence-electron chi connectivity index (χ0n) is 8.39. The van der Waals surface area contributed by atoms with E-state index in [1.165, 1.54) is 19.2 Å². The van der Waals surface area contributed by atoms with E-state index in [2.05, 4.69) is 0 Å². The molecule has 16 heavy (non-hydrogen) atoms. The number of aromatic carboxylic acids is 1. The van der Waals surface area contributed by atoms with Gasteiger partial charge in [-0.3, -0.25) is 4.79 Å². The molecule has 1 N–H and O–H groups in total. The Bertz CT molecular complexity index is 611. The molecule has 0 aliphatic rings. The number of hydrogen-bond acceptors (Lipinski definition) is 4. The number of fused-ring (bicyclic) bond motifs is 1. The molecule has 1 aromatic heterocycles. The molecule has 1 heterocycles. The molecule has 1 aromatic carbocycles. The van der Waals surface area contributed by atoms with Crippen LogP contribution in [0.1, 0.15) is 10.4 Å². The van der Waals surface area contributed by atoms with Crippen LogP contribution in [0.5, 0.6) is 5.75 Å². The van der Waals surface area contributed by atoms with Crippen molar-refractivity contribution >= 4 is 16.9 Å². The molecule has 0 saturated heterocycles. The van der Waals surface area contributed by atoms with Crippen LogP contribution in [0.25, 0.3) is 11.0 Å². The van der Waals surface area contributed by atoms with Crippen molar-refractivity contribution in [2.75, 3.05) is 7.11 Å². The van der Waals surface area contributed by atoms with Crippen LogP contribution in [0, 0.1) is 0 Å². The molecule has 0 bridgehead atoms. The van der Waals surface area contributed by atoms with Gasteiger partial charge in [0, 0.05) is 6.07 Å². The van der Waals surface area contributed by atoms with E-state index in [-0.39, 0.29) is 10.9 Å². The van der Waals surface area contributed by atoms with E-state index < -0.39 is 11.4 Å². The molecule has 82 valence electrons. The van der Waals surface area contributed by atoms with Crippen molar-refractivity contribution in [1.82, 2.24) is 0 Å². The fourth-order valence-corrected chi connectivity index (χ4v) is 1.38. The Balaban J connectivity index is 2.77. The molecule has 5 heteroatoms. The Hall–Kier alpha value is -2.30. The quantitative estimate of drug-likeness (QED) is 0.829. The standard InChI is InChI=1S/C11H8O5/c1-15-6-2-3-7-9(4-6)16-5-8(10(7)12)11(13)14/h2-5H,1H3,(H,13,14). The summed E-state index contributed by atoms with van der Waals surface area (Å²) in [5, 5.41) is 8.96. The fraction of sp³-hybridized carbons (Fsp3) is 0.0909. The lowest BCUT2D eigenvalue weighted by Gasteiger charge is -2.01. The predicted octanol–water partition coefficient (Wildman–Crippen LogP) is 1.50. The third-order valence-electron chi connectivity index (χ3n) is 2.21. The van der Waals surface area contributed by atoms with Gasteiger partial charge in [0.15, 0.2) is 0 Å². The molecule has 2 aromatic rings. The Morgan fingerprint density at radius 1 is 1.44 bits per heavy atom. The summed E-state index contributed by atoms with van der Waals surface area (Å²) in [6, 6.07) is 4.58. The molecule has 0 saturated carbocycles. The minimum atomic E-state index is -1.30. The molecular formula is C11H8O5. The number of carbonyl (C=O) groups is 1. The molecule has 0 amide bonds. The van der Waals surface area contributed by atoms with Crippen LogP contribution in [0.2, 0.25) is 0 Å². The lowest BCUT2D eigenvalue weighted by atomic mass is 10.1. The lowest BCUT2D eigenvalue weighted by molar-refractivity contribution is 0.0693. The Morgan fingerprint density at radius 2 is 2.19 bits per heavy atom. The molecular weight excluding hydrogens is 212 g/mol. The number of rotatable bonds is 2. The average molecular weight is 220 g/mol. The van der Waals surface area contributed by atoms with E-state index in [1.807, 2.05) is 0 Å². The van der Waals surface area contributed by atoms with Gasteiger partial charge in [-0.1, -0.05) is 0 Å². The summed E-state index contributed by atoms with van der Waals surface area (Å²) in [4.78, 5) is 22.4. The van der Waals surface area contributed by atoms with Crippen LogP contribution >= 0.6 is 0 Å². The maximum Gasteiger partial charge on any atom is 0.342 e. The van der Waals surface area contributed by atoms with Crippen molar-refractivity contribution in [1.29, 1.82) is 0 Å². The van der Waals surface area contributed by atoms with Gasteiger partial charge in [-0.05, 0) is 12.1 Å². The molecule has 0 fully saturated rings. The molecule has 2 rings (SSSR count). The Kier molecular flexibility index (Phi) is 2.36. The Morgan fingerprint density at radius 3 is 2.81 bits per heavy atom. The molecule has 0 unspecified atom stereocenters. The predicted molar refractivity (Wildman–Crippen MR) is 56.0 cm³/mol. The number of carboxylic acid groups (broad SMARTS) is 1. The van der Waals surface area contributed by atoms with Crippen LogP contribution in [0.15, 0.2) is 33.7 Å². The third kappa shape index (κ3) is 1.52. The van der Waals surface area contributed by atoms with Crippen LogP contribution in [0.4, 0.5) is 0 Å². The van der Waals surface area contributed by atoms with Gasteiger partial charge in [0.2, 0.25) is 5.43 Å². The number of benzene rings is 1. The summed E-state index contributed by atoms with van der Waals surface area (Å²) in [6.07, 6.45) is 0.937. The van der Waals surface area contributed by atoms with Gasteiger partial charge in [-0.25, -0.2) is 4.79 Å². The number of carboxylic acids is 1. The molecule has 0 radical (unpaired) electrons. The number of hydrogen-bond donors (Lipinski definition) is 1. The minimum Gasteiger partial charge on any atom is -0.497 e. The van der Waals surface area contributed by atoms with Crippen molar-refractivity contribution in [2.24, 2.45) is 0 Å². The maximum absolute atomic E-state index is 11.7. The third-order valence-corrected chi connectivity index (χ3v) is 2.21. The van der Waals surface area contributed by atoms with Crippen molar-refractivity contribution < 1.29 is 19.1 Å². The molecule has 0 atom stereocenters. The minimum absolute atomic E-state index is 0.223. The molecule has 0 aliphatic heterocycles. The van der Waals surface area contributed by atoms with Crippen LogP contribution < -0.4 is 10.2 Å². The maximum atomic E-state index is 11.7. The zero-order chi connectivity index (χ0) is 11.7. The summed E-state index contributed by atoms with van der Waals surface area (Å²) < 4.78 is 10.0. The SMILES string of the molecule is COc1ccc2c(=O)c(C(=O)O)coc2c1. The van der Waals surface area contributed by atoms with E-state index in [1.54, 1.807) is 6.07 Å². The monoisotopic (exact) mass is 220 g/mol. The summed E-state index contributed by atoms with van der Waals surface area (Å²) in [7, 11) is 1.49. The van der Waals surface area contributed by atoms with Crippen molar-refractivity contribution in [3.8, 4) is 5.75 Å². The molecule has 0 spiro atoms. The summed E-state index contributed by atoms with van der Waals surface area (Å²) in [5.41, 5.74) is -0.636. The van der Waals surface area contributed by atoms with Crippen LogP contribution in [-0.4, -0.2) is 18.2 Å². The lowest BCUT2D eigenvalue weighted by Crippen LogP contribution is -2.13.